The van der Waals surface area contributed by atoms with Gasteiger partial charge in [0.1, 0.15) is 0 Å². The maximum atomic E-state index is 13.0. The second-order valence-corrected chi connectivity index (χ2v) is 10.3. The molecule has 0 saturated heterocycles. The van der Waals surface area contributed by atoms with Crippen LogP contribution in [0.2, 0.25) is 0 Å². The molecule has 0 fully saturated rings. The Balaban J connectivity index is 0.000000233. The number of nitrogens with zero attached hydrogens (tertiary/aromatic N) is 4. The molecule has 0 saturated carbocycles. The SMILES string of the molecule is CC(C)(O)OCCCOc1cc(NC=O)ccn1.Cc1cc2c(nc1-c1cccc(C(F)F)c1)N(C)CCCN2C. The van der Waals surface area contributed by atoms with E-state index in [9.17, 15) is 18.7 Å². The molecule has 1 amide bonds. The summed E-state index contributed by atoms with van der Waals surface area (Å²) < 4.78 is 36.4. The van der Waals surface area contributed by atoms with Gasteiger partial charge in [-0.05, 0) is 51.0 Å². The van der Waals surface area contributed by atoms with Crippen molar-refractivity contribution in [1.82, 2.24) is 9.97 Å². The summed E-state index contributed by atoms with van der Waals surface area (Å²) >= 11 is 0. The quantitative estimate of drug-likeness (QED) is 0.189. The Morgan fingerprint density at radius 2 is 1.88 bits per heavy atom. The normalized spacial score (nSPS) is 13.2. The summed E-state index contributed by atoms with van der Waals surface area (Å²) in [7, 11) is 4.09. The molecule has 0 unspecified atom stereocenters. The second kappa shape index (κ2) is 14.7. The number of halogens is 2. The number of amides is 1. The van der Waals surface area contributed by atoms with Crippen molar-refractivity contribution in [3.8, 4) is 17.1 Å². The van der Waals surface area contributed by atoms with Crippen LogP contribution in [0.3, 0.4) is 0 Å². The van der Waals surface area contributed by atoms with Crippen LogP contribution in [0.4, 0.5) is 26.0 Å². The third kappa shape index (κ3) is 9.65. The molecule has 1 aliphatic heterocycles. The summed E-state index contributed by atoms with van der Waals surface area (Å²) in [5.41, 5.74) is 4.26. The summed E-state index contributed by atoms with van der Waals surface area (Å²) in [4.78, 5) is 23.4. The van der Waals surface area contributed by atoms with Gasteiger partial charge in [-0.1, -0.05) is 18.2 Å². The first-order chi connectivity index (χ1) is 19.5. The summed E-state index contributed by atoms with van der Waals surface area (Å²) in [6, 6.07) is 11.9. The van der Waals surface area contributed by atoms with Gasteiger partial charge in [0.15, 0.2) is 11.6 Å². The smallest absolute Gasteiger partial charge is 0.263 e. The van der Waals surface area contributed by atoms with Gasteiger partial charge in [-0.2, -0.15) is 0 Å². The highest BCUT2D eigenvalue weighted by atomic mass is 19.3. The number of nitrogens with one attached hydrogen (secondary N) is 1. The number of ether oxygens (including phenoxy) is 2. The topological polar surface area (TPSA) is 100 Å². The molecule has 0 atom stereocenters. The Labute approximate surface area is 240 Å². The number of hydrogen-bond acceptors (Lipinski definition) is 8. The van der Waals surface area contributed by atoms with E-state index in [1.807, 2.05) is 20.0 Å². The number of anilines is 3. The number of rotatable bonds is 10. The molecule has 0 radical (unpaired) electrons. The Bertz CT molecular complexity index is 1290. The first kappa shape index (κ1) is 31.7. The summed E-state index contributed by atoms with van der Waals surface area (Å²) in [5.74, 6) is 0.227. The van der Waals surface area contributed by atoms with Crippen molar-refractivity contribution in [3.63, 3.8) is 0 Å². The zero-order valence-electron chi connectivity index (χ0n) is 24.2. The molecule has 4 rings (SSSR count). The van der Waals surface area contributed by atoms with E-state index in [-0.39, 0.29) is 5.56 Å². The predicted molar refractivity (Wildman–Crippen MR) is 157 cm³/mol. The minimum absolute atomic E-state index is 0.0316. The number of fused-ring (bicyclic) bond motifs is 1. The van der Waals surface area contributed by atoms with Crippen LogP contribution in [0.1, 0.15) is 44.2 Å². The molecule has 0 bridgehead atoms. The standard InChI is InChI=1S/C18H21F2N3.C12H18N2O4/c1-12-10-15-18(23(3)9-5-8-22(15)2)21-16(12)13-6-4-7-14(11-13)17(19)20;1-12(2,16)18-7-3-6-17-11-8-10(14-9-15)4-5-13-11/h4,6-7,10-11,17H,5,8-9H2,1-3H3;4-5,8-9,16H,3,6-7H2,1-2H3,(H,13,14,15). The summed E-state index contributed by atoms with van der Waals surface area (Å²) in [5, 5.41) is 11.8. The third-order valence-electron chi connectivity index (χ3n) is 6.30. The van der Waals surface area contributed by atoms with E-state index in [2.05, 4.69) is 33.2 Å². The highest BCUT2D eigenvalue weighted by molar-refractivity contribution is 5.75. The van der Waals surface area contributed by atoms with Crippen molar-refractivity contribution in [3.05, 3.63) is 59.8 Å². The zero-order chi connectivity index (χ0) is 30.0. The van der Waals surface area contributed by atoms with Crippen molar-refractivity contribution in [2.24, 2.45) is 0 Å². The predicted octanol–water partition coefficient (Wildman–Crippen LogP) is 5.43. The van der Waals surface area contributed by atoms with E-state index < -0.39 is 12.2 Å². The number of alkyl halides is 2. The van der Waals surface area contributed by atoms with E-state index in [0.717, 1.165) is 47.8 Å². The number of carbonyl (C=O) groups is 1. The maximum absolute atomic E-state index is 13.0. The fourth-order valence-electron chi connectivity index (χ4n) is 4.24. The molecular formula is C30H39F2N5O4. The minimum Gasteiger partial charge on any atom is -0.478 e. The Hall–Kier alpha value is -3.83. The molecule has 222 valence electrons. The van der Waals surface area contributed by atoms with Crippen LogP contribution in [0.5, 0.6) is 5.88 Å². The van der Waals surface area contributed by atoms with Gasteiger partial charge in [-0.25, -0.2) is 18.7 Å². The number of benzene rings is 1. The van der Waals surface area contributed by atoms with Crippen LogP contribution < -0.4 is 19.9 Å². The highest BCUT2D eigenvalue weighted by Gasteiger charge is 2.20. The molecule has 11 heteroatoms. The molecule has 1 aromatic carbocycles. The Morgan fingerprint density at radius 3 is 2.59 bits per heavy atom. The molecule has 3 aromatic rings. The average Bonchev–Trinajstić information content (AvgIpc) is 3.05. The lowest BCUT2D eigenvalue weighted by molar-refractivity contribution is -0.176. The molecule has 9 nitrogen and oxygen atoms in total. The van der Waals surface area contributed by atoms with Gasteiger partial charge in [0.25, 0.3) is 6.43 Å². The van der Waals surface area contributed by atoms with Gasteiger partial charge in [0.05, 0.1) is 24.6 Å². The Kier molecular flexibility index (Phi) is 11.4. The van der Waals surface area contributed by atoms with E-state index in [1.165, 1.54) is 12.1 Å². The van der Waals surface area contributed by atoms with Crippen molar-refractivity contribution in [1.29, 1.82) is 0 Å². The molecule has 2 aromatic heterocycles. The first-order valence-corrected chi connectivity index (χ1v) is 13.5. The third-order valence-corrected chi connectivity index (χ3v) is 6.30. The number of pyridine rings is 2. The lowest BCUT2D eigenvalue weighted by atomic mass is 10.0. The van der Waals surface area contributed by atoms with E-state index >= 15 is 0 Å². The largest absolute Gasteiger partial charge is 0.478 e. The number of hydrogen-bond donors (Lipinski definition) is 2. The molecule has 0 aliphatic carbocycles. The van der Waals surface area contributed by atoms with Crippen LogP contribution in [0.25, 0.3) is 11.3 Å². The van der Waals surface area contributed by atoms with Crippen molar-refractivity contribution < 1.29 is 28.2 Å². The lowest BCUT2D eigenvalue weighted by Crippen LogP contribution is -2.24. The number of aromatic nitrogens is 2. The maximum Gasteiger partial charge on any atom is 0.263 e. The molecule has 3 heterocycles. The van der Waals surface area contributed by atoms with Gasteiger partial charge in [-0.15, -0.1) is 0 Å². The van der Waals surface area contributed by atoms with Gasteiger partial charge >= 0.3 is 0 Å². The number of carbonyl (C=O) groups excluding carboxylic acids is 1. The molecule has 1 aliphatic rings. The molecule has 0 spiro atoms. The van der Waals surface area contributed by atoms with Crippen LogP contribution in [-0.2, 0) is 9.53 Å². The first-order valence-electron chi connectivity index (χ1n) is 13.5. The van der Waals surface area contributed by atoms with Gasteiger partial charge in [0, 0.05) is 62.7 Å². The van der Waals surface area contributed by atoms with E-state index in [4.69, 9.17) is 14.5 Å². The van der Waals surface area contributed by atoms with Crippen LogP contribution in [0, 0.1) is 6.92 Å². The van der Waals surface area contributed by atoms with Crippen molar-refractivity contribution >= 4 is 23.6 Å². The van der Waals surface area contributed by atoms with Gasteiger partial charge in [-0.3, -0.25) is 4.79 Å². The second-order valence-electron chi connectivity index (χ2n) is 10.3. The van der Waals surface area contributed by atoms with Crippen LogP contribution >= 0.6 is 0 Å². The number of aliphatic hydroxyl groups is 1. The average molecular weight is 572 g/mol. The highest BCUT2D eigenvalue weighted by Crippen LogP contribution is 2.35. The van der Waals surface area contributed by atoms with Crippen LogP contribution in [0.15, 0.2) is 48.7 Å². The molecule has 41 heavy (non-hydrogen) atoms. The number of aryl methyl sites for hydroxylation is 1. The molecule has 2 N–H and O–H groups in total. The van der Waals surface area contributed by atoms with Crippen molar-refractivity contribution in [2.75, 3.05) is 55.5 Å². The van der Waals surface area contributed by atoms with Gasteiger partial charge in [0.2, 0.25) is 12.3 Å². The van der Waals surface area contributed by atoms with E-state index in [1.54, 1.807) is 38.2 Å². The van der Waals surface area contributed by atoms with Crippen LogP contribution in [-0.4, -0.2) is 67.7 Å². The fraction of sp³-hybridized carbons (Fsp3) is 0.433. The Morgan fingerprint density at radius 1 is 1.12 bits per heavy atom. The van der Waals surface area contributed by atoms with Crippen molar-refractivity contribution in [2.45, 2.75) is 45.8 Å². The monoisotopic (exact) mass is 571 g/mol. The zero-order valence-corrected chi connectivity index (χ0v) is 24.2. The molecular weight excluding hydrogens is 532 g/mol. The summed E-state index contributed by atoms with van der Waals surface area (Å²) in [6.07, 6.45) is 1.38. The lowest BCUT2D eigenvalue weighted by Gasteiger charge is -2.23. The fourth-order valence-corrected chi connectivity index (χ4v) is 4.24. The minimum atomic E-state index is -2.47. The van der Waals surface area contributed by atoms with Gasteiger partial charge < -0.3 is 29.7 Å². The van der Waals surface area contributed by atoms with E-state index in [0.29, 0.717) is 37.6 Å². The summed E-state index contributed by atoms with van der Waals surface area (Å²) in [6.45, 7) is 7.87.